The topological polar surface area (TPSA) is 73.6 Å². The van der Waals surface area contributed by atoms with E-state index in [1.807, 2.05) is 31.2 Å². The minimum absolute atomic E-state index is 0. The molecule has 1 aromatic carbocycles. The molecule has 0 aliphatic heterocycles. The Labute approximate surface area is 119 Å². The predicted molar refractivity (Wildman–Crippen MR) is 77.6 cm³/mol. The number of benzene rings is 1. The van der Waals surface area contributed by atoms with E-state index in [1.165, 1.54) is 0 Å². The molecule has 0 bridgehead atoms. The molecule has 1 unspecified atom stereocenters. The molecule has 0 radical (unpaired) electrons. The first-order valence-corrected chi connectivity index (χ1v) is 5.85. The van der Waals surface area contributed by atoms with E-state index in [0.29, 0.717) is 13.2 Å². The van der Waals surface area contributed by atoms with Crippen LogP contribution in [0.5, 0.6) is 0 Å². The fourth-order valence-corrected chi connectivity index (χ4v) is 1.37. The van der Waals surface area contributed by atoms with E-state index in [4.69, 9.17) is 15.2 Å². The number of carbonyl (C=O) groups excluding carboxylic acids is 1. The molecule has 0 saturated carbocycles. The van der Waals surface area contributed by atoms with Crippen LogP contribution in [-0.4, -0.2) is 32.8 Å². The summed E-state index contributed by atoms with van der Waals surface area (Å²) >= 11 is 0. The standard InChI is InChI=1S/C13H20N2O3.ClH/c1-10(14)11-3-5-12(6-4-11)15-13(16)9-18-8-7-17-2;/h3-6,10H,7-9,14H2,1-2H3,(H,15,16);1H. The highest BCUT2D eigenvalue weighted by molar-refractivity contribution is 5.91. The van der Waals surface area contributed by atoms with E-state index < -0.39 is 0 Å². The van der Waals surface area contributed by atoms with Crippen LogP contribution in [0.4, 0.5) is 5.69 Å². The molecular formula is C13H21ClN2O3. The van der Waals surface area contributed by atoms with Crippen molar-refractivity contribution in [2.75, 3.05) is 32.2 Å². The SMILES string of the molecule is COCCOCC(=O)Nc1ccc(C(C)N)cc1.Cl. The lowest BCUT2D eigenvalue weighted by Crippen LogP contribution is -2.19. The van der Waals surface area contributed by atoms with Gasteiger partial charge in [-0.25, -0.2) is 0 Å². The average molecular weight is 289 g/mol. The highest BCUT2D eigenvalue weighted by Gasteiger charge is 2.03. The van der Waals surface area contributed by atoms with Gasteiger partial charge in [0.15, 0.2) is 0 Å². The highest BCUT2D eigenvalue weighted by Crippen LogP contribution is 2.13. The number of ether oxygens (including phenoxy) is 2. The van der Waals surface area contributed by atoms with Crippen LogP contribution in [0.2, 0.25) is 0 Å². The lowest BCUT2D eigenvalue weighted by molar-refractivity contribution is -0.121. The van der Waals surface area contributed by atoms with Crippen LogP contribution in [0.15, 0.2) is 24.3 Å². The van der Waals surface area contributed by atoms with Crippen molar-refractivity contribution < 1.29 is 14.3 Å². The summed E-state index contributed by atoms with van der Waals surface area (Å²) in [6, 6.07) is 7.43. The number of nitrogens with one attached hydrogen (secondary N) is 1. The van der Waals surface area contributed by atoms with Crippen LogP contribution in [0.3, 0.4) is 0 Å². The van der Waals surface area contributed by atoms with Crippen LogP contribution in [-0.2, 0) is 14.3 Å². The minimum atomic E-state index is -0.181. The molecule has 0 aromatic heterocycles. The Bertz CT molecular complexity index is 369. The second-order valence-electron chi connectivity index (χ2n) is 4.00. The third-order valence-electron chi connectivity index (χ3n) is 2.39. The zero-order valence-electron chi connectivity index (χ0n) is 11.2. The molecule has 6 heteroatoms. The Morgan fingerprint density at radius 3 is 2.47 bits per heavy atom. The van der Waals surface area contributed by atoms with Gasteiger partial charge in [0, 0.05) is 18.8 Å². The van der Waals surface area contributed by atoms with Crippen molar-refractivity contribution in [3.05, 3.63) is 29.8 Å². The first-order valence-electron chi connectivity index (χ1n) is 5.85. The molecule has 1 amide bonds. The number of nitrogens with two attached hydrogens (primary N) is 1. The van der Waals surface area contributed by atoms with Crippen molar-refractivity contribution in [3.8, 4) is 0 Å². The lowest BCUT2D eigenvalue weighted by atomic mass is 10.1. The van der Waals surface area contributed by atoms with Crippen LogP contribution in [0, 0.1) is 0 Å². The van der Waals surface area contributed by atoms with Gasteiger partial charge in [-0.2, -0.15) is 0 Å². The maximum absolute atomic E-state index is 11.5. The molecule has 0 aliphatic rings. The summed E-state index contributed by atoms with van der Waals surface area (Å²) in [5.41, 5.74) is 7.51. The van der Waals surface area contributed by atoms with E-state index in [-0.39, 0.29) is 31.0 Å². The summed E-state index contributed by atoms with van der Waals surface area (Å²) < 4.78 is 9.92. The van der Waals surface area contributed by atoms with Crippen molar-refractivity contribution in [1.29, 1.82) is 0 Å². The molecule has 1 rings (SSSR count). The van der Waals surface area contributed by atoms with Gasteiger partial charge in [0.05, 0.1) is 13.2 Å². The molecule has 0 spiro atoms. The first kappa shape index (κ1) is 17.9. The Balaban J connectivity index is 0.00000324. The maximum Gasteiger partial charge on any atom is 0.250 e. The molecule has 0 saturated heterocycles. The molecular weight excluding hydrogens is 268 g/mol. The van der Waals surface area contributed by atoms with Crippen molar-refractivity contribution >= 4 is 24.0 Å². The van der Waals surface area contributed by atoms with Gasteiger partial charge >= 0.3 is 0 Å². The van der Waals surface area contributed by atoms with Crippen molar-refractivity contribution in [1.82, 2.24) is 0 Å². The Hall–Kier alpha value is -1.14. The molecule has 1 aromatic rings. The predicted octanol–water partition coefficient (Wildman–Crippen LogP) is 1.73. The van der Waals surface area contributed by atoms with Crippen molar-refractivity contribution in [2.45, 2.75) is 13.0 Å². The molecule has 5 nitrogen and oxygen atoms in total. The first-order chi connectivity index (χ1) is 8.63. The minimum Gasteiger partial charge on any atom is -0.382 e. The molecule has 0 fully saturated rings. The molecule has 3 N–H and O–H groups in total. The lowest BCUT2D eigenvalue weighted by Gasteiger charge is -2.08. The summed E-state index contributed by atoms with van der Waals surface area (Å²) in [6.07, 6.45) is 0. The van der Waals surface area contributed by atoms with Gasteiger partial charge in [-0.05, 0) is 24.6 Å². The number of hydrogen-bond acceptors (Lipinski definition) is 4. The fourth-order valence-electron chi connectivity index (χ4n) is 1.37. The molecule has 1 atom stereocenters. The smallest absolute Gasteiger partial charge is 0.250 e. The second kappa shape index (κ2) is 9.75. The summed E-state index contributed by atoms with van der Waals surface area (Å²) in [5, 5.41) is 2.74. The number of anilines is 1. The number of hydrogen-bond donors (Lipinski definition) is 2. The van der Waals surface area contributed by atoms with Gasteiger partial charge < -0.3 is 20.5 Å². The largest absolute Gasteiger partial charge is 0.382 e. The molecule has 0 aliphatic carbocycles. The van der Waals surface area contributed by atoms with E-state index in [9.17, 15) is 4.79 Å². The molecule has 108 valence electrons. The van der Waals surface area contributed by atoms with Crippen molar-refractivity contribution in [3.63, 3.8) is 0 Å². The second-order valence-corrected chi connectivity index (χ2v) is 4.00. The summed E-state index contributed by atoms with van der Waals surface area (Å²) in [7, 11) is 1.59. The monoisotopic (exact) mass is 288 g/mol. The van der Waals surface area contributed by atoms with Gasteiger partial charge in [0.2, 0.25) is 5.91 Å². The van der Waals surface area contributed by atoms with Crippen LogP contribution in [0.1, 0.15) is 18.5 Å². The third kappa shape index (κ3) is 7.12. The molecule has 0 heterocycles. The van der Waals surface area contributed by atoms with Crippen LogP contribution < -0.4 is 11.1 Å². The number of methoxy groups -OCH3 is 1. The van der Waals surface area contributed by atoms with Gasteiger partial charge in [-0.3, -0.25) is 4.79 Å². The fraction of sp³-hybridized carbons (Fsp3) is 0.462. The maximum atomic E-state index is 11.5. The zero-order chi connectivity index (χ0) is 13.4. The Morgan fingerprint density at radius 1 is 1.32 bits per heavy atom. The average Bonchev–Trinajstić information content (AvgIpc) is 2.35. The number of amides is 1. The van der Waals surface area contributed by atoms with Gasteiger partial charge in [-0.15, -0.1) is 12.4 Å². The number of rotatable bonds is 7. The zero-order valence-corrected chi connectivity index (χ0v) is 12.0. The summed E-state index contributed by atoms with van der Waals surface area (Å²) in [6.45, 7) is 2.83. The van der Waals surface area contributed by atoms with Gasteiger partial charge in [0.25, 0.3) is 0 Å². The van der Waals surface area contributed by atoms with Gasteiger partial charge in [-0.1, -0.05) is 12.1 Å². The Morgan fingerprint density at radius 2 is 1.95 bits per heavy atom. The highest BCUT2D eigenvalue weighted by atomic mass is 35.5. The van der Waals surface area contributed by atoms with Crippen LogP contribution in [0.25, 0.3) is 0 Å². The quantitative estimate of drug-likeness (QED) is 0.750. The number of carbonyl (C=O) groups is 1. The molecule has 19 heavy (non-hydrogen) atoms. The third-order valence-corrected chi connectivity index (χ3v) is 2.39. The van der Waals surface area contributed by atoms with Gasteiger partial charge in [0.1, 0.15) is 6.61 Å². The van der Waals surface area contributed by atoms with E-state index in [0.717, 1.165) is 11.3 Å². The van der Waals surface area contributed by atoms with E-state index in [2.05, 4.69) is 5.32 Å². The van der Waals surface area contributed by atoms with Crippen molar-refractivity contribution in [2.24, 2.45) is 5.73 Å². The summed E-state index contributed by atoms with van der Waals surface area (Å²) in [4.78, 5) is 11.5. The number of halogens is 1. The summed E-state index contributed by atoms with van der Waals surface area (Å²) in [5.74, 6) is -0.181. The van der Waals surface area contributed by atoms with E-state index >= 15 is 0 Å². The van der Waals surface area contributed by atoms with E-state index in [1.54, 1.807) is 7.11 Å². The normalized spacial score (nSPS) is 11.5. The Kier molecular flexibility index (Phi) is 9.16. The van der Waals surface area contributed by atoms with Crippen LogP contribution >= 0.6 is 12.4 Å².